The fourth-order valence-electron chi connectivity index (χ4n) is 2.70. The van der Waals surface area contributed by atoms with Crippen LogP contribution in [-0.2, 0) is 4.79 Å². The van der Waals surface area contributed by atoms with Gasteiger partial charge in [0.1, 0.15) is 5.75 Å². The lowest BCUT2D eigenvalue weighted by atomic mass is 10.1. The zero-order chi connectivity index (χ0) is 20.6. The van der Waals surface area contributed by atoms with E-state index in [4.69, 9.17) is 14.2 Å². The maximum absolute atomic E-state index is 12.2. The molecule has 0 spiro atoms. The third-order valence-electron chi connectivity index (χ3n) is 4.27. The van der Waals surface area contributed by atoms with Crippen molar-refractivity contribution in [1.29, 1.82) is 0 Å². The highest BCUT2D eigenvalue weighted by atomic mass is 32.1. The molecule has 29 heavy (non-hydrogen) atoms. The molecule has 7 heteroatoms. The second-order valence-electron chi connectivity index (χ2n) is 6.42. The molecule has 0 radical (unpaired) electrons. The van der Waals surface area contributed by atoms with Gasteiger partial charge in [0, 0.05) is 17.4 Å². The lowest BCUT2D eigenvalue weighted by Gasteiger charge is -2.08. The Kier molecular flexibility index (Phi) is 7.08. The minimum atomic E-state index is -0.0780. The van der Waals surface area contributed by atoms with Gasteiger partial charge in [-0.3, -0.25) is 4.79 Å². The van der Waals surface area contributed by atoms with Crippen molar-refractivity contribution in [3.63, 3.8) is 0 Å². The number of aryl methyl sites for hydroxylation is 1. The Hall–Kier alpha value is -3.06. The van der Waals surface area contributed by atoms with E-state index < -0.39 is 0 Å². The quantitative estimate of drug-likeness (QED) is 0.505. The van der Waals surface area contributed by atoms with Gasteiger partial charge in [-0.25, -0.2) is 4.98 Å². The normalized spacial score (nSPS) is 10.4. The number of thiazole rings is 1. The van der Waals surface area contributed by atoms with Crippen LogP contribution < -0.4 is 19.5 Å². The van der Waals surface area contributed by atoms with Gasteiger partial charge in [0.15, 0.2) is 16.6 Å². The van der Waals surface area contributed by atoms with Gasteiger partial charge >= 0.3 is 0 Å². The Morgan fingerprint density at radius 2 is 1.83 bits per heavy atom. The standard InChI is InChI=1S/C22H24N2O4S/c1-15-6-9-17(10-7-15)28-12-4-5-21(25)24-22-23-18(14-29-22)16-8-11-19(26-2)20(13-16)27-3/h6-11,13-14H,4-5,12H2,1-3H3,(H,23,24,25). The summed E-state index contributed by atoms with van der Waals surface area (Å²) in [4.78, 5) is 16.7. The van der Waals surface area contributed by atoms with E-state index in [-0.39, 0.29) is 5.91 Å². The summed E-state index contributed by atoms with van der Waals surface area (Å²) in [7, 11) is 3.19. The number of nitrogens with one attached hydrogen (secondary N) is 1. The molecule has 1 amide bonds. The van der Waals surface area contributed by atoms with Gasteiger partial charge in [-0.15, -0.1) is 11.3 Å². The number of benzene rings is 2. The van der Waals surface area contributed by atoms with Gasteiger partial charge in [0.25, 0.3) is 0 Å². The van der Waals surface area contributed by atoms with Crippen LogP contribution in [-0.4, -0.2) is 31.7 Å². The Labute approximate surface area is 174 Å². The molecular formula is C22H24N2O4S. The number of carbonyl (C=O) groups is 1. The molecule has 0 aliphatic heterocycles. The summed E-state index contributed by atoms with van der Waals surface area (Å²) in [6.45, 7) is 2.52. The van der Waals surface area contributed by atoms with Crippen LogP contribution in [0.5, 0.6) is 17.2 Å². The number of amides is 1. The highest BCUT2D eigenvalue weighted by Crippen LogP contribution is 2.33. The van der Waals surface area contributed by atoms with E-state index in [0.717, 1.165) is 17.0 Å². The van der Waals surface area contributed by atoms with E-state index in [1.807, 2.05) is 54.8 Å². The third-order valence-corrected chi connectivity index (χ3v) is 5.03. The molecule has 1 N–H and O–H groups in total. The number of hydrogen-bond donors (Lipinski definition) is 1. The second kappa shape index (κ2) is 9.93. The van der Waals surface area contributed by atoms with E-state index in [0.29, 0.717) is 36.1 Å². The molecule has 0 aliphatic carbocycles. The van der Waals surface area contributed by atoms with E-state index in [9.17, 15) is 4.79 Å². The van der Waals surface area contributed by atoms with Crippen molar-refractivity contribution in [3.05, 3.63) is 53.4 Å². The van der Waals surface area contributed by atoms with Crippen LogP contribution in [0.25, 0.3) is 11.3 Å². The molecule has 3 aromatic rings. The zero-order valence-corrected chi connectivity index (χ0v) is 17.5. The molecule has 0 aliphatic rings. The van der Waals surface area contributed by atoms with Crippen molar-refractivity contribution in [3.8, 4) is 28.5 Å². The monoisotopic (exact) mass is 412 g/mol. The topological polar surface area (TPSA) is 69.7 Å². The number of ether oxygens (including phenoxy) is 3. The van der Waals surface area contributed by atoms with Crippen molar-refractivity contribution < 1.29 is 19.0 Å². The first-order valence-corrected chi connectivity index (χ1v) is 10.1. The first-order chi connectivity index (χ1) is 14.1. The minimum absolute atomic E-state index is 0.0780. The summed E-state index contributed by atoms with van der Waals surface area (Å²) in [5, 5.41) is 5.32. The minimum Gasteiger partial charge on any atom is -0.494 e. The number of methoxy groups -OCH3 is 2. The second-order valence-corrected chi connectivity index (χ2v) is 7.28. The van der Waals surface area contributed by atoms with Gasteiger partial charge in [-0.1, -0.05) is 17.7 Å². The number of rotatable bonds is 9. The Morgan fingerprint density at radius 3 is 2.55 bits per heavy atom. The number of carbonyl (C=O) groups excluding carboxylic acids is 1. The number of hydrogen-bond acceptors (Lipinski definition) is 6. The van der Waals surface area contributed by atoms with Crippen LogP contribution >= 0.6 is 11.3 Å². The highest BCUT2D eigenvalue weighted by Gasteiger charge is 2.11. The van der Waals surface area contributed by atoms with E-state index >= 15 is 0 Å². The zero-order valence-electron chi connectivity index (χ0n) is 16.7. The third kappa shape index (κ3) is 5.71. The summed E-state index contributed by atoms with van der Waals surface area (Å²) in [5.74, 6) is 2.03. The lowest BCUT2D eigenvalue weighted by Crippen LogP contribution is -2.12. The van der Waals surface area contributed by atoms with Crippen molar-refractivity contribution in [2.75, 3.05) is 26.1 Å². The van der Waals surface area contributed by atoms with Crippen molar-refractivity contribution in [2.24, 2.45) is 0 Å². The van der Waals surface area contributed by atoms with Crippen LogP contribution in [0.2, 0.25) is 0 Å². The number of nitrogens with zero attached hydrogens (tertiary/aromatic N) is 1. The SMILES string of the molecule is COc1ccc(-c2csc(NC(=O)CCCOc3ccc(C)cc3)n2)cc1OC. The number of aromatic nitrogens is 1. The fourth-order valence-corrected chi connectivity index (χ4v) is 3.43. The molecule has 1 aromatic heterocycles. The lowest BCUT2D eigenvalue weighted by molar-refractivity contribution is -0.116. The average molecular weight is 413 g/mol. The molecule has 0 saturated heterocycles. The first kappa shape index (κ1) is 20.7. The molecular weight excluding hydrogens is 388 g/mol. The molecule has 6 nitrogen and oxygen atoms in total. The van der Waals surface area contributed by atoms with Crippen LogP contribution in [0.4, 0.5) is 5.13 Å². The Balaban J connectivity index is 1.49. The van der Waals surface area contributed by atoms with Gasteiger partial charge in [0.2, 0.25) is 5.91 Å². The molecule has 152 valence electrons. The molecule has 0 unspecified atom stereocenters. The van der Waals surface area contributed by atoms with E-state index in [1.165, 1.54) is 16.9 Å². The van der Waals surface area contributed by atoms with Crippen LogP contribution in [0.15, 0.2) is 47.8 Å². The van der Waals surface area contributed by atoms with Crippen LogP contribution in [0.1, 0.15) is 18.4 Å². The summed E-state index contributed by atoms with van der Waals surface area (Å²) in [5.41, 5.74) is 2.85. The smallest absolute Gasteiger partial charge is 0.226 e. The van der Waals surface area contributed by atoms with Crippen molar-refractivity contribution in [2.45, 2.75) is 19.8 Å². The van der Waals surface area contributed by atoms with Gasteiger partial charge in [0.05, 0.1) is 26.5 Å². The largest absolute Gasteiger partial charge is 0.494 e. The first-order valence-electron chi connectivity index (χ1n) is 9.26. The Bertz CT molecular complexity index is 954. The molecule has 1 heterocycles. The summed E-state index contributed by atoms with van der Waals surface area (Å²) in [6, 6.07) is 13.5. The van der Waals surface area contributed by atoms with Crippen LogP contribution in [0, 0.1) is 6.92 Å². The van der Waals surface area contributed by atoms with Gasteiger partial charge in [-0.05, 0) is 43.7 Å². The van der Waals surface area contributed by atoms with Gasteiger partial charge < -0.3 is 19.5 Å². The average Bonchev–Trinajstić information content (AvgIpc) is 3.20. The van der Waals surface area contributed by atoms with Crippen molar-refractivity contribution in [1.82, 2.24) is 4.98 Å². The molecule has 0 saturated carbocycles. The summed E-state index contributed by atoms with van der Waals surface area (Å²) >= 11 is 1.39. The predicted octanol–water partition coefficient (Wildman–Crippen LogP) is 4.93. The summed E-state index contributed by atoms with van der Waals surface area (Å²) < 4.78 is 16.2. The molecule has 0 atom stereocenters. The molecule has 3 rings (SSSR count). The van der Waals surface area contributed by atoms with Gasteiger partial charge in [-0.2, -0.15) is 0 Å². The Morgan fingerprint density at radius 1 is 1.07 bits per heavy atom. The van der Waals surface area contributed by atoms with Crippen molar-refractivity contribution >= 4 is 22.4 Å². The predicted molar refractivity (Wildman–Crippen MR) is 115 cm³/mol. The molecule has 2 aromatic carbocycles. The van der Waals surface area contributed by atoms with E-state index in [2.05, 4.69) is 10.3 Å². The highest BCUT2D eigenvalue weighted by molar-refractivity contribution is 7.14. The maximum Gasteiger partial charge on any atom is 0.226 e. The maximum atomic E-state index is 12.2. The summed E-state index contributed by atoms with van der Waals surface area (Å²) in [6.07, 6.45) is 1.00. The number of anilines is 1. The van der Waals surface area contributed by atoms with E-state index in [1.54, 1.807) is 14.2 Å². The van der Waals surface area contributed by atoms with Crippen LogP contribution in [0.3, 0.4) is 0 Å². The fraction of sp³-hybridized carbons (Fsp3) is 0.273. The molecule has 0 fully saturated rings. The molecule has 0 bridgehead atoms.